The molecule has 0 saturated heterocycles. The van der Waals surface area contributed by atoms with Crippen molar-refractivity contribution in [2.75, 3.05) is 0 Å². The third kappa shape index (κ3) is 1.68. The first kappa shape index (κ1) is 11.4. The fourth-order valence-electron chi connectivity index (χ4n) is 1.36. The van der Waals surface area contributed by atoms with E-state index >= 15 is 0 Å². The molecule has 1 atom stereocenters. The van der Waals surface area contributed by atoms with Gasteiger partial charge in [0, 0.05) is 0 Å². The molecule has 0 radical (unpaired) electrons. The highest BCUT2D eigenvalue weighted by Crippen LogP contribution is 2.39. The third-order valence-corrected chi connectivity index (χ3v) is 2.67. The average molecular weight is 299 g/mol. The molecule has 86 valence electrons. The van der Waals surface area contributed by atoms with Gasteiger partial charge in [0.2, 0.25) is 10.8 Å². The van der Waals surface area contributed by atoms with Crippen LogP contribution < -0.4 is 4.74 Å². The van der Waals surface area contributed by atoms with Crippen LogP contribution in [-0.2, 0) is 6.18 Å². The predicted molar refractivity (Wildman–Crippen MR) is 49.1 cm³/mol. The number of rotatable bonds is 0. The summed E-state index contributed by atoms with van der Waals surface area (Å²) in [7, 11) is 0. The number of ketones is 1. The van der Waals surface area contributed by atoms with Crippen LogP contribution in [0.5, 0.6) is 5.75 Å². The Kier molecular flexibility index (Phi) is 2.45. The van der Waals surface area contributed by atoms with Crippen molar-refractivity contribution in [2.45, 2.75) is 11.2 Å². The van der Waals surface area contributed by atoms with Crippen LogP contribution in [0.15, 0.2) is 12.1 Å². The molecule has 2 rings (SSSR count). The summed E-state index contributed by atoms with van der Waals surface area (Å²) in [6.45, 7) is 0. The van der Waals surface area contributed by atoms with Gasteiger partial charge in [-0.05, 0) is 28.1 Å². The number of halogens is 5. The molecule has 0 N–H and O–H groups in total. The smallest absolute Gasteiger partial charge is 0.416 e. The minimum Gasteiger partial charge on any atom is -0.470 e. The maximum atomic E-state index is 13.3. The van der Waals surface area contributed by atoms with Crippen LogP contribution in [0.1, 0.15) is 15.9 Å². The van der Waals surface area contributed by atoms with Crippen LogP contribution >= 0.6 is 15.9 Å². The minimum absolute atomic E-state index is 0.283. The molecule has 0 spiro atoms. The quantitative estimate of drug-likeness (QED) is 0.543. The van der Waals surface area contributed by atoms with Gasteiger partial charge in [0.05, 0.1) is 5.56 Å². The Bertz CT molecular complexity index is 469. The zero-order valence-corrected chi connectivity index (χ0v) is 9.02. The first-order chi connectivity index (χ1) is 7.30. The van der Waals surface area contributed by atoms with E-state index in [-0.39, 0.29) is 11.8 Å². The summed E-state index contributed by atoms with van der Waals surface area (Å²) >= 11 is 2.77. The van der Waals surface area contributed by atoms with Gasteiger partial charge in [0.15, 0.2) is 0 Å². The summed E-state index contributed by atoms with van der Waals surface area (Å²) in [5, 5.41) is -1.12. The maximum absolute atomic E-state index is 13.3. The lowest BCUT2D eigenvalue weighted by atomic mass is 10.1. The van der Waals surface area contributed by atoms with Crippen LogP contribution in [0, 0.1) is 5.82 Å². The average Bonchev–Trinajstić information content (AvgIpc) is 2.41. The number of carbonyl (C=O) groups is 1. The Balaban J connectivity index is 2.58. The zero-order chi connectivity index (χ0) is 12.1. The number of hydrogen-bond donors (Lipinski definition) is 0. The van der Waals surface area contributed by atoms with Gasteiger partial charge >= 0.3 is 6.18 Å². The lowest BCUT2D eigenvalue weighted by Crippen LogP contribution is -2.11. The lowest BCUT2D eigenvalue weighted by molar-refractivity contribution is -0.137. The molecule has 2 nitrogen and oxygen atoms in total. The second kappa shape index (κ2) is 3.44. The van der Waals surface area contributed by atoms with E-state index in [1.165, 1.54) is 0 Å². The topological polar surface area (TPSA) is 26.3 Å². The van der Waals surface area contributed by atoms with E-state index in [1.807, 2.05) is 0 Å². The minimum atomic E-state index is -4.67. The van der Waals surface area contributed by atoms with Crippen molar-refractivity contribution < 1.29 is 27.1 Å². The molecule has 0 fully saturated rings. The lowest BCUT2D eigenvalue weighted by Gasteiger charge is -2.08. The van der Waals surface area contributed by atoms with Crippen molar-refractivity contribution >= 4 is 21.7 Å². The molecule has 1 aliphatic heterocycles. The van der Waals surface area contributed by atoms with E-state index in [0.717, 1.165) is 0 Å². The number of carbonyl (C=O) groups excluding carboxylic acids is 1. The standard InChI is InChI=1S/C9H3BrF4O2/c10-8-7(15)6-4(11)1-3(9(12,13)14)2-5(6)16-8/h1-2,8H. The zero-order valence-electron chi connectivity index (χ0n) is 7.44. The summed E-state index contributed by atoms with van der Waals surface area (Å²) in [5.41, 5.74) is -1.63. The van der Waals surface area contributed by atoms with Crippen molar-refractivity contribution in [1.82, 2.24) is 0 Å². The number of alkyl halides is 4. The first-order valence-corrected chi connectivity index (χ1v) is 4.98. The third-order valence-electron chi connectivity index (χ3n) is 2.06. The molecular formula is C9H3BrF4O2. The second-order valence-corrected chi connectivity index (χ2v) is 3.96. The number of benzene rings is 1. The fourth-order valence-corrected chi connectivity index (χ4v) is 1.79. The molecule has 0 aliphatic carbocycles. The van der Waals surface area contributed by atoms with E-state index in [4.69, 9.17) is 4.74 Å². The van der Waals surface area contributed by atoms with Crippen LogP contribution in [0.25, 0.3) is 0 Å². The summed E-state index contributed by atoms with van der Waals surface area (Å²) in [6, 6.07) is 0.892. The highest BCUT2D eigenvalue weighted by molar-refractivity contribution is 9.09. The van der Waals surface area contributed by atoms with Crippen LogP contribution in [0.4, 0.5) is 17.6 Å². The summed E-state index contributed by atoms with van der Waals surface area (Å²) < 4.78 is 55.0. The van der Waals surface area contributed by atoms with Crippen molar-refractivity contribution in [2.24, 2.45) is 0 Å². The number of fused-ring (bicyclic) bond motifs is 1. The molecule has 0 amide bonds. The predicted octanol–water partition coefficient (Wildman–Crippen LogP) is 3.14. The maximum Gasteiger partial charge on any atom is 0.416 e. The second-order valence-electron chi connectivity index (χ2n) is 3.13. The SMILES string of the molecule is O=C1c2c(F)cc(C(F)(F)F)cc2OC1Br. The molecule has 7 heteroatoms. The van der Waals surface area contributed by atoms with Gasteiger partial charge < -0.3 is 4.74 Å². The number of hydrogen-bond acceptors (Lipinski definition) is 2. The number of ether oxygens (including phenoxy) is 1. The van der Waals surface area contributed by atoms with E-state index in [9.17, 15) is 22.4 Å². The molecule has 0 aromatic heterocycles. The van der Waals surface area contributed by atoms with Gasteiger partial charge in [-0.2, -0.15) is 13.2 Å². The Morgan fingerprint density at radius 2 is 1.94 bits per heavy atom. The Morgan fingerprint density at radius 3 is 2.50 bits per heavy atom. The van der Waals surface area contributed by atoms with Crippen molar-refractivity contribution in [1.29, 1.82) is 0 Å². The Morgan fingerprint density at radius 1 is 1.31 bits per heavy atom. The van der Waals surface area contributed by atoms with E-state index < -0.39 is 33.9 Å². The van der Waals surface area contributed by atoms with Crippen LogP contribution in [0.3, 0.4) is 0 Å². The van der Waals surface area contributed by atoms with Gasteiger partial charge in [0.1, 0.15) is 17.1 Å². The van der Waals surface area contributed by atoms with E-state index in [1.54, 1.807) is 0 Å². The van der Waals surface area contributed by atoms with Crippen molar-refractivity contribution in [3.63, 3.8) is 0 Å². The van der Waals surface area contributed by atoms with Gasteiger partial charge in [0.25, 0.3) is 0 Å². The molecule has 0 saturated carbocycles. The highest BCUT2D eigenvalue weighted by atomic mass is 79.9. The molecule has 1 unspecified atom stereocenters. The normalized spacial score (nSPS) is 19.6. The summed E-state index contributed by atoms with van der Waals surface area (Å²) in [5.74, 6) is -2.34. The Labute approximate surface area is 95.3 Å². The Hall–Kier alpha value is -1.11. The van der Waals surface area contributed by atoms with Gasteiger partial charge in [-0.3, -0.25) is 4.79 Å². The molecule has 0 bridgehead atoms. The van der Waals surface area contributed by atoms with E-state index in [0.29, 0.717) is 6.07 Å². The van der Waals surface area contributed by atoms with Gasteiger partial charge in [-0.25, -0.2) is 4.39 Å². The largest absolute Gasteiger partial charge is 0.470 e. The highest BCUT2D eigenvalue weighted by Gasteiger charge is 2.38. The molecule has 16 heavy (non-hydrogen) atoms. The van der Waals surface area contributed by atoms with Crippen LogP contribution in [0.2, 0.25) is 0 Å². The first-order valence-electron chi connectivity index (χ1n) is 4.06. The monoisotopic (exact) mass is 298 g/mol. The molecular weight excluding hydrogens is 296 g/mol. The molecule has 1 aromatic rings. The molecule has 1 aliphatic rings. The molecule has 1 aromatic carbocycles. The van der Waals surface area contributed by atoms with Crippen LogP contribution in [-0.4, -0.2) is 10.8 Å². The van der Waals surface area contributed by atoms with Crippen molar-refractivity contribution in [3.05, 3.63) is 29.1 Å². The van der Waals surface area contributed by atoms with Gasteiger partial charge in [-0.1, -0.05) is 0 Å². The van der Waals surface area contributed by atoms with Gasteiger partial charge in [-0.15, -0.1) is 0 Å². The number of Topliss-reactive ketones (excluding diaryl/α,β-unsaturated/α-hetero) is 1. The van der Waals surface area contributed by atoms with E-state index in [2.05, 4.69) is 15.9 Å². The summed E-state index contributed by atoms with van der Waals surface area (Å²) in [6.07, 6.45) is -4.67. The summed E-state index contributed by atoms with van der Waals surface area (Å²) in [4.78, 5) is 11.3. The molecule has 1 heterocycles. The van der Waals surface area contributed by atoms with Crippen molar-refractivity contribution in [3.8, 4) is 5.75 Å². The fraction of sp³-hybridized carbons (Fsp3) is 0.222.